The van der Waals surface area contributed by atoms with Crippen molar-refractivity contribution in [2.24, 2.45) is 10.9 Å². The molecule has 2 aliphatic heterocycles. The molecule has 6 rings (SSSR count). The Bertz CT molecular complexity index is 1670. The van der Waals surface area contributed by atoms with Crippen LogP contribution in [0, 0.1) is 5.92 Å². The summed E-state index contributed by atoms with van der Waals surface area (Å²) in [6.07, 6.45) is 1.68. The predicted octanol–water partition coefficient (Wildman–Crippen LogP) is 3.77. The lowest BCUT2D eigenvalue weighted by Crippen LogP contribution is -2.58. The second kappa shape index (κ2) is 7.96. The van der Waals surface area contributed by atoms with Gasteiger partial charge in [-0.2, -0.15) is 0 Å². The number of hydrogen-bond donors (Lipinski definition) is 0. The molecule has 0 saturated heterocycles. The van der Waals surface area contributed by atoms with Crippen molar-refractivity contribution in [2.75, 3.05) is 7.11 Å². The average molecular weight is 507 g/mol. The second-order valence-corrected chi connectivity index (χ2v) is 9.92. The molecule has 2 aliphatic rings. The number of halogens is 1. The first-order chi connectivity index (χ1) is 16.9. The monoisotopic (exact) mass is 506 g/mol. The van der Waals surface area contributed by atoms with Gasteiger partial charge in [-0.25, -0.2) is 4.99 Å². The zero-order valence-electron chi connectivity index (χ0n) is 18.7. The SMILES string of the molecule is COC(=O)[C@@H]1[C@H]2c3ccccc3O[C@@]1(C)N=c1sc(=Cc3ccc(-c4ccccc4Cl)o3)c(=O)n12. The average Bonchev–Trinajstić information content (AvgIpc) is 3.42. The first kappa shape index (κ1) is 21.9. The maximum absolute atomic E-state index is 13.6. The lowest BCUT2D eigenvalue weighted by Gasteiger charge is -2.44. The largest absolute Gasteiger partial charge is 0.469 e. The summed E-state index contributed by atoms with van der Waals surface area (Å²) in [7, 11) is 1.33. The third-order valence-corrected chi connectivity index (χ3v) is 7.69. The van der Waals surface area contributed by atoms with Gasteiger partial charge in [-0.3, -0.25) is 14.2 Å². The highest BCUT2D eigenvalue weighted by molar-refractivity contribution is 7.07. The van der Waals surface area contributed by atoms with E-state index in [0.29, 0.717) is 31.6 Å². The van der Waals surface area contributed by atoms with Gasteiger partial charge in [0.25, 0.3) is 5.56 Å². The number of benzene rings is 2. The quantitative estimate of drug-likeness (QED) is 0.395. The number of hydrogen-bond acceptors (Lipinski definition) is 7. The fourth-order valence-corrected chi connectivity index (χ4v) is 6.10. The van der Waals surface area contributed by atoms with E-state index in [1.54, 1.807) is 29.7 Å². The maximum Gasteiger partial charge on any atom is 0.317 e. The van der Waals surface area contributed by atoms with Crippen LogP contribution in [0.3, 0.4) is 0 Å². The van der Waals surface area contributed by atoms with E-state index in [9.17, 15) is 9.59 Å². The minimum Gasteiger partial charge on any atom is -0.469 e. The van der Waals surface area contributed by atoms with Crippen LogP contribution in [0.4, 0.5) is 0 Å². The fraction of sp³-hybridized carbons (Fsp3) is 0.192. The van der Waals surface area contributed by atoms with Crippen LogP contribution in [0.25, 0.3) is 17.4 Å². The van der Waals surface area contributed by atoms with Crippen molar-refractivity contribution in [1.29, 1.82) is 0 Å². The Kier molecular flexibility index (Phi) is 4.98. The van der Waals surface area contributed by atoms with Crippen LogP contribution in [0.15, 0.2) is 74.9 Å². The van der Waals surface area contributed by atoms with Gasteiger partial charge < -0.3 is 13.9 Å². The molecule has 0 saturated carbocycles. The summed E-state index contributed by atoms with van der Waals surface area (Å²) in [5.41, 5.74) is 0.0364. The van der Waals surface area contributed by atoms with Crippen LogP contribution in [-0.4, -0.2) is 23.4 Å². The van der Waals surface area contributed by atoms with Crippen LogP contribution in [0.1, 0.15) is 24.3 Å². The molecule has 0 amide bonds. The molecule has 9 heteroatoms. The summed E-state index contributed by atoms with van der Waals surface area (Å²) < 4.78 is 19.3. The molecule has 0 radical (unpaired) electrons. The van der Waals surface area contributed by atoms with Crippen LogP contribution in [0.2, 0.25) is 5.02 Å². The summed E-state index contributed by atoms with van der Waals surface area (Å²) in [5, 5.41) is 0.576. The van der Waals surface area contributed by atoms with E-state index >= 15 is 0 Å². The molecule has 4 heterocycles. The van der Waals surface area contributed by atoms with Crippen molar-refractivity contribution in [3.63, 3.8) is 0 Å². The molecule has 0 fully saturated rings. The van der Waals surface area contributed by atoms with E-state index < -0.39 is 23.7 Å². The fourth-order valence-electron chi connectivity index (χ4n) is 4.80. The van der Waals surface area contributed by atoms with E-state index in [-0.39, 0.29) is 5.56 Å². The van der Waals surface area contributed by atoms with Gasteiger partial charge in [0.15, 0.2) is 4.80 Å². The van der Waals surface area contributed by atoms with Crippen LogP contribution >= 0.6 is 22.9 Å². The number of carbonyl (C=O) groups is 1. The Balaban J connectivity index is 1.52. The molecule has 0 aliphatic carbocycles. The van der Waals surface area contributed by atoms with Crippen LogP contribution in [0.5, 0.6) is 5.75 Å². The number of methoxy groups -OCH3 is 1. The Morgan fingerprint density at radius 3 is 2.74 bits per heavy atom. The zero-order valence-corrected chi connectivity index (χ0v) is 20.3. The minimum atomic E-state index is -1.21. The first-order valence-corrected chi connectivity index (χ1v) is 12.1. The van der Waals surface area contributed by atoms with Crippen LogP contribution in [-0.2, 0) is 9.53 Å². The lowest BCUT2D eigenvalue weighted by molar-refractivity contribution is -0.158. The number of aromatic nitrogens is 1. The molecule has 0 N–H and O–H groups in total. The standard InChI is InChI=1S/C26H19ClN2O5S/c1-26-21(24(31)32-2)22(16-8-4-6-10-19(16)34-26)29-23(30)20(35-25(29)28-26)13-14-11-12-18(33-14)15-7-3-5-9-17(15)27/h3-13,21-22H,1-2H3/t21-,22+,26+/m0/s1. The van der Waals surface area contributed by atoms with Crippen molar-refractivity contribution < 1.29 is 18.7 Å². The normalized spacial score (nSPS) is 22.5. The van der Waals surface area contributed by atoms with Crippen LogP contribution < -0.4 is 19.6 Å². The molecule has 4 aromatic rings. The van der Waals surface area contributed by atoms with E-state index in [0.717, 1.165) is 11.1 Å². The van der Waals surface area contributed by atoms with Crippen molar-refractivity contribution in [1.82, 2.24) is 4.57 Å². The van der Waals surface area contributed by atoms with Gasteiger partial charge in [0, 0.05) is 17.2 Å². The molecule has 35 heavy (non-hydrogen) atoms. The predicted molar refractivity (Wildman–Crippen MR) is 131 cm³/mol. The summed E-state index contributed by atoms with van der Waals surface area (Å²) in [6, 6.07) is 17.8. The number of fused-ring (bicyclic) bond motifs is 6. The summed E-state index contributed by atoms with van der Waals surface area (Å²) in [4.78, 5) is 31.7. The number of carbonyl (C=O) groups excluding carboxylic acids is 1. The highest BCUT2D eigenvalue weighted by atomic mass is 35.5. The van der Waals surface area contributed by atoms with Crippen molar-refractivity contribution >= 4 is 35.0 Å². The van der Waals surface area contributed by atoms with Crippen molar-refractivity contribution in [3.05, 3.63) is 96.7 Å². The molecule has 2 aromatic heterocycles. The highest BCUT2D eigenvalue weighted by Gasteiger charge is 2.55. The van der Waals surface area contributed by atoms with Gasteiger partial charge in [-0.05, 0) is 37.3 Å². The van der Waals surface area contributed by atoms with Gasteiger partial charge in [0.1, 0.15) is 23.2 Å². The van der Waals surface area contributed by atoms with Crippen molar-refractivity contribution in [3.8, 4) is 17.1 Å². The molecular formula is C26H19ClN2O5S. The second-order valence-electron chi connectivity index (χ2n) is 8.50. The Labute approximate surface area is 208 Å². The molecule has 3 atom stereocenters. The summed E-state index contributed by atoms with van der Waals surface area (Å²) in [6.45, 7) is 1.75. The summed E-state index contributed by atoms with van der Waals surface area (Å²) in [5.74, 6) is 0.399. The topological polar surface area (TPSA) is 83.0 Å². The Hall–Kier alpha value is -3.62. The van der Waals surface area contributed by atoms with Crippen molar-refractivity contribution in [2.45, 2.75) is 18.7 Å². The molecule has 0 unspecified atom stereocenters. The van der Waals surface area contributed by atoms with Gasteiger partial charge in [0.2, 0.25) is 5.72 Å². The number of ether oxygens (including phenoxy) is 2. The Morgan fingerprint density at radius 2 is 1.94 bits per heavy atom. The molecule has 2 bridgehead atoms. The highest BCUT2D eigenvalue weighted by Crippen LogP contribution is 2.47. The van der Waals surface area contributed by atoms with E-state index in [1.807, 2.05) is 48.5 Å². The van der Waals surface area contributed by atoms with Gasteiger partial charge in [-0.1, -0.05) is 53.3 Å². The maximum atomic E-state index is 13.6. The molecule has 7 nitrogen and oxygen atoms in total. The lowest BCUT2D eigenvalue weighted by atomic mass is 9.81. The van der Waals surface area contributed by atoms with E-state index in [2.05, 4.69) is 0 Å². The van der Waals surface area contributed by atoms with Gasteiger partial charge >= 0.3 is 5.97 Å². The number of esters is 1. The van der Waals surface area contributed by atoms with Gasteiger partial charge in [0.05, 0.1) is 22.7 Å². The number of furan rings is 1. The zero-order chi connectivity index (χ0) is 24.3. The molecule has 0 spiro atoms. The molecule has 2 aromatic carbocycles. The summed E-state index contributed by atoms with van der Waals surface area (Å²) >= 11 is 7.52. The van der Waals surface area contributed by atoms with E-state index in [1.165, 1.54) is 18.4 Å². The third kappa shape index (κ3) is 3.36. The molecular weight excluding hydrogens is 488 g/mol. The third-order valence-electron chi connectivity index (χ3n) is 6.37. The first-order valence-electron chi connectivity index (χ1n) is 10.9. The number of nitrogens with zero attached hydrogens (tertiary/aromatic N) is 2. The van der Waals surface area contributed by atoms with Gasteiger partial charge in [-0.15, -0.1) is 0 Å². The number of rotatable bonds is 3. The number of thiazole rings is 1. The van der Waals surface area contributed by atoms with E-state index in [4.69, 9.17) is 30.5 Å². The molecule has 176 valence electrons. The Morgan fingerprint density at radius 1 is 1.17 bits per heavy atom. The minimum absolute atomic E-state index is 0.262. The smallest absolute Gasteiger partial charge is 0.317 e. The number of para-hydroxylation sites is 1.